The van der Waals surface area contributed by atoms with E-state index in [1.807, 2.05) is 32.0 Å². The quantitative estimate of drug-likeness (QED) is 0.534. The molecule has 1 atom stereocenters. The van der Waals surface area contributed by atoms with Crippen molar-refractivity contribution in [3.8, 4) is 0 Å². The van der Waals surface area contributed by atoms with E-state index in [0.717, 1.165) is 29.7 Å². The van der Waals surface area contributed by atoms with Crippen LogP contribution in [-0.2, 0) is 9.47 Å². The minimum Gasteiger partial charge on any atom is -0.379 e. The maximum Gasteiger partial charge on any atom is 0.191 e. The van der Waals surface area contributed by atoms with Crippen molar-refractivity contribution in [2.45, 2.75) is 40.2 Å². The van der Waals surface area contributed by atoms with Crippen molar-refractivity contribution < 1.29 is 14.3 Å². The number of carbonyl (C=O) groups is 1. The number of ether oxygens (including phenoxy) is 2. The zero-order valence-corrected chi connectivity index (χ0v) is 12.4. The molecule has 1 aromatic rings. The first-order chi connectivity index (χ1) is 9.06. The Labute approximate surface area is 115 Å². The summed E-state index contributed by atoms with van der Waals surface area (Å²) in [6.45, 7) is 9.53. The van der Waals surface area contributed by atoms with Crippen LogP contribution in [0, 0.1) is 13.8 Å². The smallest absolute Gasteiger partial charge is 0.191 e. The second-order valence-corrected chi connectivity index (χ2v) is 4.81. The van der Waals surface area contributed by atoms with Crippen molar-refractivity contribution in [1.82, 2.24) is 0 Å². The topological polar surface area (TPSA) is 35.5 Å². The van der Waals surface area contributed by atoms with E-state index in [2.05, 4.69) is 6.92 Å². The van der Waals surface area contributed by atoms with Crippen molar-refractivity contribution in [1.29, 1.82) is 0 Å². The second kappa shape index (κ2) is 8.08. The number of Topliss-reactive ketones (excluding diaryl/α,β-unsaturated/α-hetero) is 1. The summed E-state index contributed by atoms with van der Waals surface area (Å²) in [6.07, 6.45) is 0.572. The van der Waals surface area contributed by atoms with Crippen molar-refractivity contribution >= 4 is 5.78 Å². The van der Waals surface area contributed by atoms with Gasteiger partial charge in [0.25, 0.3) is 0 Å². The molecule has 0 N–H and O–H groups in total. The molecule has 1 rings (SSSR count). The van der Waals surface area contributed by atoms with Crippen LogP contribution in [0.15, 0.2) is 18.2 Å². The van der Waals surface area contributed by atoms with Gasteiger partial charge in [-0.05, 0) is 38.8 Å². The van der Waals surface area contributed by atoms with E-state index < -0.39 is 6.10 Å². The van der Waals surface area contributed by atoms with Crippen LogP contribution in [0.5, 0.6) is 0 Å². The molecule has 0 saturated carbocycles. The molecule has 0 aliphatic heterocycles. The fourth-order valence-electron chi connectivity index (χ4n) is 1.83. The minimum absolute atomic E-state index is 0.0386. The molecular weight excluding hydrogens is 240 g/mol. The summed E-state index contributed by atoms with van der Waals surface area (Å²) in [4.78, 5) is 12.3. The Morgan fingerprint density at radius 1 is 1.21 bits per heavy atom. The molecule has 0 saturated heterocycles. The number of hydrogen-bond acceptors (Lipinski definition) is 3. The molecule has 0 fully saturated rings. The molecule has 0 aromatic heterocycles. The summed E-state index contributed by atoms with van der Waals surface area (Å²) >= 11 is 0. The molecule has 3 heteroatoms. The van der Waals surface area contributed by atoms with E-state index >= 15 is 0 Å². The summed E-state index contributed by atoms with van der Waals surface area (Å²) in [6, 6.07) is 5.90. The molecule has 1 aromatic carbocycles. The molecule has 0 aliphatic rings. The van der Waals surface area contributed by atoms with Gasteiger partial charge >= 0.3 is 0 Å². The third kappa shape index (κ3) is 5.13. The largest absolute Gasteiger partial charge is 0.379 e. The third-order valence-corrected chi connectivity index (χ3v) is 2.97. The predicted octanol–water partition coefficient (Wildman–Crippen LogP) is 3.32. The highest BCUT2D eigenvalue weighted by Gasteiger charge is 2.17. The van der Waals surface area contributed by atoms with Gasteiger partial charge in [0, 0.05) is 12.2 Å². The Morgan fingerprint density at radius 3 is 2.63 bits per heavy atom. The predicted molar refractivity (Wildman–Crippen MR) is 76.8 cm³/mol. The second-order valence-electron chi connectivity index (χ2n) is 4.81. The highest BCUT2D eigenvalue weighted by Crippen LogP contribution is 2.14. The van der Waals surface area contributed by atoms with E-state index in [4.69, 9.17) is 9.47 Å². The average Bonchev–Trinajstić information content (AvgIpc) is 2.40. The number of carbonyl (C=O) groups excluding carboxylic acids is 1. The SMILES string of the molecule is CCCOCCOC(C)C(=O)c1cc(C)ccc1C. The Balaban J connectivity index is 2.50. The van der Waals surface area contributed by atoms with Gasteiger partial charge in [0.05, 0.1) is 13.2 Å². The Hall–Kier alpha value is -1.19. The molecule has 19 heavy (non-hydrogen) atoms. The average molecular weight is 264 g/mol. The molecule has 0 spiro atoms. The number of benzene rings is 1. The van der Waals surface area contributed by atoms with Crippen molar-refractivity contribution in [2.24, 2.45) is 0 Å². The van der Waals surface area contributed by atoms with Gasteiger partial charge in [0.15, 0.2) is 5.78 Å². The van der Waals surface area contributed by atoms with Gasteiger partial charge < -0.3 is 9.47 Å². The van der Waals surface area contributed by atoms with Gasteiger partial charge in [-0.3, -0.25) is 4.79 Å². The van der Waals surface area contributed by atoms with E-state index in [9.17, 15) is 4.79 Å². The van der Waals surface area contributed by atoms with Crippen LogP contribution in [0.1, 0.15) is 41.8 Å². The Kier molecular flexibility index (Phi) is 6.74. The van der Waals surface area contributed by atoms with Crippen molar-refractivity contribution in [2.75, 3.05) is 19.8 Å². The molecule has 3 nitrogen and oxygen atoms in total. The van der Waals surface area contributed by atoms with Crippen LogP contribution in [-0.4, -0.2) is 31.7 Å². The standard InChI is InChI=1S/C16H24O3/c1-5-8-18-9-10-19-14(4)16(17)15-11-12(2)6-7-13(15)3/h6-7,11,14H,5,8-10H2,1-4H3. The first kappa shape index (κ1) is 15.9. The fourth-order valence-corrected chi connectivity index (χ4v) is 1.83. The number of rotatable bonds is 8. The molecule has 0 radical (unpaired) electrons. The van der Waals surface area contributed by atoms with Gasteiger partial charge in [0.1, 0.15) is 6.10 Å². The van der Waals surface area contributed by atoms with E-state index in [1.54, 1.807) is 6.92 Å². The van der Waals surface area contributed by atoms with Crippen LogP contribution in [0.25, 0.3) is 0 Å². The molecule has 0 heterocycles. The summed E-state index contributed by atoms with van der Waals surface area (Å²) in [5.41, 5.74) is 2.84. The first-order valence-electron chi connectivity index (χ1n) is 6.87. The zero-order chi connectivity index (χ0) is 14.3. The van der Waals surface area contributed by atoms with Crippen molar-refractivity contribution in [3.05, 3.63) is 34.9 Å². The molecule has 1 unspecified atom stereocenters. The number of ketones is 1. The van der Waals surface area contributed by atoms with Crippen LogP contribution in [0.2, 0.25) is 0 Å². The lowest BCUT2D eigenvalue weighted by Crippen LogP contribution is -2.23. The lowest BCUT2D eigenvalue weighted by molar-refractivity contribution is 0.0150. The number of hydrogen-bond donors (Lipinski definition) is 0. The number of aryl methyl sites for hydroxylation is 2. The van der Waals surface area contributed by atoms with Gasteiger partial charge in [-0.2, -0.15) is 0 Å². The maximum absolute atomic E-state index is 12.3. The van der Waals surface area contributed by atoms with Gasteiger partial charge in [0.2, 0.25) is 0 Å². The normalized spacial score (nSPS) is 12.4. The molecule has 0 bridgehead atoms. The highest BCUT2D eigenvalue weighted by molar-refractivity contribution is 6.00. The summed E-state index contributed by atoms with van der Waals surface area (Å²) < 4.78 is 10.9. The first-order valence-corrected chi connectivity index (χ1v) is 6.87. The van der Waals surface area contributed by atoms with Gasteiger partial charge in [-0.1, -0.05) is 24.6 Å². The van der Waals surface area contributed by atoms with Crippen molar-refractivity contribution in [3.63, 3.8) is 0 Å². The molecular formula is C16H24O3. The van der Waals surface area contributed by atoms with E-state index in [1.165, 1.54) is 0 Å². The third-order valence-electron chi connectivity index (χ3n) is 2.97. The minimum atomic E-state index is -0.425. The molecule has 0 aliphatic carbocycles. The van der Waals surface area contributed by atoms with E-state index in [0.29, 0.717) is 13.2 Å². The zero-order valence-electron chi connectivity index (χ0n) is 12.4. The summed E-state index contributed by atoms with van der Waals surface area (Å²) in [5.74, 6) is 0.0386. The Morgan fingerprint density at radius 2 is 1.95 bits per heavy atom. The van der Waals surface area contributed by atoms with Crippen LogP contribution in [0.3, 0.4) is 0 Å². The molecule has 106 valence electrons. The van der Waals surface area contributed by atoms with Gasteiger partial charge in [-0.25, -0.2) is 0 Å². The lowest BCUT2D eigenvalue weighted by Gasteiger charge is -2.14. The maximum atomic E-state index is 12.3. The lowest BCUT2D eigenvalue weighted by atomic mass is 9.99. The highest BCUT2D eigenvalue weighted by atomic mass is 16.5. The van der Waals surface area contributed by atoms with E-state index in [-0.39, 0.29) is 5.78 Å². The Bertz CT molecular complexity index is 412. The monoisotopic (exact) mass is 264 g/mol. The van der Waals surface area contributed by atoms with Gasteiger partial charge in [-0.15, -0.1) is 0 Å². The van der Waals surface area contributed by atoms with Crippen LogP contribution in [0.4, 0.5) is 0 Å². The fraction of sp³-hybridized carbons (Fsp3) is 0.562. The molecule has 0 amide bonds. The van der Waals surface area contributed by atoms with Crippen LogP contribution < -0.4 is 0 Å². The summed E-state index contributed by atoms with van der Waals surface area (Å²) in [5, 5.41) is 0. The summed E-state index contributed by atoms with van der Waals surface area (Å²) in [7, 11) is 0. The van der Waals surface area contributed by atoms with Crippen LogP contribution >= 0.6 is 0 Å².